The highest BCUT2D eigenvalue weighted by atomic mass is 32.1. The SMILES string of the molecule is Cc1csc(CCNCC2CCCO2)n1. The quantitative estimate of drug-likeness (QED) is 0.777. The zero-order valence-electron chi connectivity index (χ0n) is 9.16. The first-order valence-corrected chi connectivity index (χ1v) is 6.46. The van der Waals surface area contributed by atoms with Gasteiger partial charge in [-0.15, -0.1) is 11.3 Å². The number of aryl methyl sites for hydroxylation is 1. The van der Waals surface area contributed by atoms with Crippen molar-refractivity contribution in [2.24, 2.45) is 0 Å². The molecule has 1 saturated heterocycles. The minimum absolute atomic E-state index is 0.447. The molecule has 2 heterocycles. The fourth-order valence-corrected chi connectivity index (χ4v) is 2.56. The molecule has 84 valence electrons. The van der Waals surface area contributed by atoms with Gasteiger partial charge in [-0.2, -0.15) is 0 Å². The lowest BCUT2D eigenvalue weighted by Crippen LogP contribution is -2.27. The number of hydrogen-bond acceptors (Lipinski definition) is 4. The van der Waals surface area contributed by atoms with Crippen LogP contribution in [0.25, 0.3) is 0 Å². The molecule has 3 nitrogen and oxygen atoms in total. The van der Waals surface area contributed by atoms with Crippen molar-refractivity contribution in [1.82, 2.24) is 10.3 Å². The summed E-state index contributed by atoms with van der Waals surface area (Å²) in [6.07, 6.45) is 3.91. The first kappa shape index (κ1) is 11.0. The molecule has 1 N–H and O–H groups in total. The molecule has 0 bridgehead atoms. The fraction of sp³-hybridized carbons (Fsp3) is 0.727. The lowest BCUT2D eigenvalue weighted by molar-refractivity contribution is 0.110. The van der Waals surface area contributed by atoms with Gasteiger partial charge in [-0.3, -0.25) is 0 Å². The van der Waals surface area contributed by atoms with Gasteiger partial charge in [-0.25, -0.2) is 4.98 Å². The molecule has 2 rings (SSSR count). The van der Waals surface area contributed by atoms with Crippen molar-refractivity contribution in [2.45, 2.75) is 32.3 Å². The van der Waals surface area contributed by atoms with Gasteiger partial charge in [0, 0.05) is 37.2 Å². The average molecular weight is 226 g/mol. The van der Waals surface area contributed by atoms with Crippen molar-refractivity contribution >= 4 is 11.3 Å². The van der Waals surface area contributed by atoms with Gasteiger partial charge in [0.15, 0.2) is 0 Å². The van der Waals surface area contributed by atoms with E-state index in [0.29, 0.717) is 6.10 Å². The van der Waals surface area contributed by atoms with Crippen LogP contribution in [0.3, 0.4) is 0 Å². The minimum atomic E-state index is 0.447. The number of thiazole rings is 1. The molecule has 1 aliphatic rings. The summed E-state index contributed by atoms with van der Waals surface area (Å²) in [5, 5.41) is 6.76. The molecule has 0 spiro atoms. The van der Waals surface area contributed by atoms with Crippen LogP contribution in [0.1, 0.15) is 23.5 Å². The van der Waals surface area contributed by atoms with Gasteiger partial charge in [0.1, 0.15) is 0 Å². The summed E-state index contributed by atoms with van der Waals surface area (Å²) in [6, 6.07) is 0. The lowest BCUT2D eigenvalue weighted by Gasteiger charge is -2.09. The van der Waals surface area contributed by atoms with Gasteiger partial charge in [-0.05, 0) is 19.8 Å². The molecule has 4 heteroatoms. The van der Waals surface area contributed by atoms with Gasteiger partial charge in [-0.1, -0.05) is 0 Å². The molecule has 1 aromatic heterocycles. The highest BCUT2D eigenvalue weighted by Gasteiger charge is 2.14. The van der Waals surface area contributed by atoms with Crippen LogP contribution in [-0.4, -0.2) is 30.8 Å². The minimum Gasteiger partial charge on any atom is -0.377 e. The van der Waals surface area contributed by atoms with Crippen LogP contribution in [0.15, 0.2) is 5.38 Å². The summed E-state index contributed by atoms with van der Waals surface area (Å²) in [4.78, 5) is 4.43. The highest BCUT2D eigenvalue weighted by molar-refractivity contribution is 7.09. The summed E-state index contributed by atoms with van der Waals surface area (Å²) >= 11 is 1.75. The number of rotatable bonds is 5. The van der Waals surface area contributed by atoms with Crippen LogP contribution in [0.5, 0.6) is 0 Å². The first-order chi connectivity index (χ1) is 7.34. The van der Waals surface area contributed by atoms with E-state index >= 15 is 0 Å². The van der Waals surface area contributed by atoms with Crippen molar-refractivity contribution in [1.29, 1.82) is 0 Å². The zero-order chi connectivity index (χ0) is 10.5. The Balaban J connectivity index is 1.58. The third-order valence-corrected chi connectivity index (χ3v) is 3.60. The molecule has 1 fully saturated rings. The van der Waals surface area contributed by atoms with E-state index in [1.54, 1.807) is 11.3 Å². The monoisotopic (exact) mass is 226 g/mol. The number of nitrogens with one attached hydrogen (secondary N) is 1. The van der Waals surface area contributed by atoms with Crippen LogP contribution in [0, 0.1) is 6.92 Å². The number of nitrogens with zero attached hydrogens (tertiary/aromatic N) is 1. The number of aromatic nitrogens is 1. The van der Waals surface area contributed by atoms with E-state index in [2.05, 4.69) is 15.7 Å². The Labute approximate surface area is 94.9 Å². The Kier molecular flexibility index (Phi) is 4.11. The van der Waals surface area contributed by atoms with Gasteiger partial charge in [0.05, 0.1) is 11.1 Å². The smallest absolute Gasteiger partial charge is 0.0940 e. The predicted molar refractivity (Wildman–Crippen MR) is 62.4 cm³/mol. The van der Waals surface area contributed by atoms with Gasteiger partial charge in [0.2, 0.25) is 0 Å². The standard InChI is InChI=1S/C11H18N2OS/c1-9-8-15-11(13-9)4-5-12-7-10-3-2-6-14-10/h8,10,12H,2-7H2,1H3. The Hall–Kier alpha value is -0.450. The molecule has 1 aromatic rings. The topological polar surface area (TPSA) is 34.1 Å². The second-order valence-corrected chi connectivity index (χ2v) is 4.91. The van der Waals surface area contributed by atoms with Crippen LogP contribution in [-0.2, 0) is 11.2 Å². The molecule has 0 saturated carbocycles. The van der Waals surface area contributed by atoms with E-state index < -0.39 is 0 Å². The normalized spacial score (nSPS) is 21.0. The maximum atomic E-state index is 5.53. The van der Waals surface area contributed by atoms with E-state index in [1.807, 2.05) is 6.92 Å². The van der Waals surface area contributed by atoms with Crippen LogP contribution < -0.4 is 5.32 Å². The molecule has 1 aliphatic heterocycles. The van der Waals surface area contributed by atoms with E-state index in [-0.39, 0.29) is 0 Å². The van der Waals surface area contributed by atoms with Crippen molar-refractivity contribution in [2.75, 3.05) is 19.7 Å². The highest BCUT2D eigenvalue weighted by Crippen LogP contribution is 2.11. The van der Waals surface area contributed by atoms with Gasteiger partial charge >= 0.3 is 0 Å². The van der Waals surface area contributed by atoms with Crippen LogP contribution in [0.2, 0.25) is 0 Å². The average Bonchev–Trinajstić information content (AvgIpc) is 2.84. The summed E-state index contributed by atoms with van der Waals surface area (Å²) < 4.78 is 5.53. The molecule has 0 radical (unpaired) electrons. The van der Waals surface area contributed by atoms with Gasteiger partial charge < -0.3 is 10.1 Å². The summed E-state index contributed by atoms with van der Waals surface area (Å²) in [5.41, 5.74) is 1.13. The van der Waals surface area contributed by atoms with E-state index in [1.165, 1.54) is 17.8 Å². The second kappa shape index (κ2) is 5.58. The predicted octanol–water partition coefficient (Wildman–Crippen LogP) is 1.76. The maximum Gasteiger partial charge on any atom is 0.0940 e. The van der Waals surface area contributed by atoms with Crippen molar-refractivity contribution in [3.05, 3.63) is 16.1 Å². The third kappa shape index (κ3) is 3.55. The third-order valence-electron chi connectivity index (χ3n) is 2.58. The van der Waals surface area contributed by atoms with Crippen molar-refractivity contribution < 1.29 is 4.74 Å². The fourth-order valence-electron chi connectivity index (χ4n) is 1.78. The van der Waals surface area contributed by atoms with Crippen LogP contribution >= 0.6 is 11.3 Å². The Morgan fingerprint density at radius 2 is 2.60 bits per heavy atom. The summed E-state index contributed by atoms with van der Waals surface area (Å²) in [7, 11) is 0. The van der Waals surface area contributed by atoms with Crippen LogP contribution in [0.4, 0.5) is 0 Å². The molecular formula is C11H18N2OS. The van der Waals surface area contributed by atoms with E-state index in [9.17, 15) is 0 Å². The lowest BCUT2D eigenvalue weighted by atomic mass is 10.2. The zero-order valence-corrected chi connectivity index (χ0v) is 9.98. The molecule has 0 aliphatic carbocycles. The molecule has 0 amide bonds. The molecule has 1 unspecified atom stereocenters. The largest absolute Gasteiger partial charge is 0.377 e. The number of hydrogen-bond donors (Lipinski definition) is 1. The molecule has 15 heavy (non-hydrogen) atoms. The number of ether oxygens (including phenoxy) is 1. The maximum absolute atomic E-state index is 5.53. The Bertz CT molecular complexity index is 295. The molecular weight excluding hydrogens is 208 g/mol. The summed E-state index contributed by atoms with van der Waals surface area (Å²) in [5.74, 6) is 0. The van der Waals surface area contributed by atoms with Crippen molar-refractivity contribution in [3.8, 4) is 0 Å². The van der Waals surface area contributed by atoms with Crippen molar-refractivity contribution in [3.63, 3.8) is 0 Å². The Morgan fingerprint density at radius 1 is 1.67 bits per heavy atom. The van der Waals surface area contributed by atoms with Gasteiger partial charge in [0.25, 0.3) is 0 Å². The molecule has 0 aromatic carbocycles. The van der Waals surface area contributed by atoms with E-state index in [4.69, 9.17) is 4.74 Å². The Morgan fingerprint density at radius 3 is 3.27 bits per heavy atom. The molecule has 1 atom stereocenters. The van der Waals surface area contributed by atoms with E-state index in [0.717, 1.165) is 31.8 Å². The second-order valence-electron chi connectivity index (χ2n) is 3.97. The first-order valence-electron chi connectivity index (χ1n) is 5.58. The summed E-state index contributed by atoms with van der Waals surface area (Å²) in [6.45, 7) is 4.98.